The van der Waals surface area contributed by atoms with Gasteiger partial charge in [-0.1, -0.05) is 0 Å². The van der Waals surface area contributed by atoms with Crippen LogP contribution in [0.3, 0.4) is 0 Å². The zero-order valence-electron chi connectivity index (χ0n) is 10.4. The fraction of sp³-hybridized carbons (Fsp3) is 0.556. The van der Waals surface area contributed by atoms with Crippen LogP contribution in [0, 0.1) is 0 Å². The molecule has 0 unspecified atom stereocenters. The number of carbonyl (C=O) groups is 4. The van der Waals surface area contributed by atoms with Crippen molar-refractivity contribution in [2.24, 2.45) is 0 Å². The fourth-order valence-corrected chi connectivity index (χ4v) is 0. The molecule has 0 fully saturated rings. The second-order valence-corrected chi connectivity index (χ2v) is 2.38. The van der Waals surface area contributed by atoms with Crippen LogP contribution in [0.15, 0.2) is 0 Å². The number of carboxylic acid groups (broad SMARTS) is 3. The molecule has 0 radical (unpaired) electrons. The van der Waals surface area contributed by atoms with Crippen molar-refractivity contribution in [1.29, 1.82) is 0 Å². The second-order valence-electron chi connectivity index (χ2n) is 2.38. The Hall–Kier alpha value is -1.39. The van der Waals surface area contributed by atoms with E-state index in [4.69, 9.17) is 29.7 Å². The maximum atomic E-state index is 9.44. The van der Waals surface area contributed by atoms with Crippen LogP contribution in [0.4, 0.5) is 0 Å². The van der Waals surface area contributed by atoms with Gasteiger partial charge in [0.1, 0.15) is 5.78 Å². The Morgan fingerprint density at radius 1 is 0.588 bits per heavy atom. The van der Waals surface area contributed by atoms with E-state index in [1.165, 1.54) is 13.8 Å². The maximum absolute atomic E-state index is 9.44. The van der Waals surface area contributed by atoms with Gasteiger partial charge in [0.2, 0.25) is 0 Å². The number of hydrogen-bond acceptors (Lipinski definition) is 7. The predicted octanol–water partition coefficient (Wildman–Crippen LogP) is -3.52. The molecule has 17 heavy (non-hydrogen) atoms. The first-order valence-corrected chi connectivity index (χ1v) is 3.93. The molecule has 0 aromatic heterocycles. The summed E-state index contributed by atoms with van der Waals surface area (Å²) in [5.74, 6) is -3.08. The zero-order chi connectivity index (χ0) is 14.3. The Morgan fingerprint density at radius 2 is 0.588 bits per heavy atom. The van der Waals surface area contributed by atoms with E-state index in [2.05, 4.69) is 0 Å². The topological polar surface area (TPSA) is 137 Å². The first kappa shape index (κ1) is 29.6. The van der Waals surface area contributed by atoms with Crippen LogP contribution in [-0.2, 0) is 19.2 Å². The Kier molecular flexibility index (Phi) is 41.9. The molecule has 0 aromatic rings. The molecule has 0 atom stereocenters. The molecule has 0 aliphatic rings. The number of ketones is 1. The summed E-state index contributed by atoms with van der Waals surface area (Å²) in [4.78, 5) is 36.1. The van der Waals surface area contributed by atoms with Crippen molar-refractivity contribution in [1.82, 2.24) is 0 Å². The molecule has 0 aromatic carbocycles. The third kappa shape index (κ3) is 1210. The van der Waals surface area contributed by atoms with E-state index >= 15 is 0 Å². The van der Waals surface area contributed by atoms with Gasteiger partial charge in [-0.25, -0.2) is 0 Å². The molecule has 0 aliphatic heterocycles. The van der Waals surface area contributed by atoms with Crippen LogP contribution in [-0.4, -0.2) is 41.1 Å². The van der Waals surface area contributed by atoms with Crippen LogP contribution < -0.4 is 15.3 Å². The van der Waals surface area contributed by atoms with Gasteiger partial charge in [0.15, 0.2) is 0 Å². The van der Waals surface area contributed by atoms with Crippen LogP contribution in [0.25, 0.3) is 0 Å². The number of carboxylic acids is 3. The first-order chi connectivity index (χ1) is 6.93. The molecule has 0 saturated carbocycles. The summed E-state index contributed by atoms with van der Waals surface area (Å²) in [5.41, 5.74) is 0. The van der Waals surface area contributed by atoms with E-state index in [0.29, 0.717) is 0 Å². The predicted molar refractivity (Wildman–Crippen MR) is 54.2 cm³/mol. The smallest absolute Gasteiger partial charge is 0.550 e. The summed E-state index contributed by atoms with van der Waals surface area (Å²) in [6, 6.07) is 0. The van der Waals surface area contributed by atoms with Crippen molar-refractivity contribution in [3.05, 3.63) is 0 Å². The van der Waals surface area contributed by atoms with E-state index in [-0.39, 0.29) is 23.1 Å². The fourth-order valence-electron chi connectivity index (χ4n) is 0. The van der Waals surface area contributed by atoms with Gasteiger partial charge < -0.3 is 34.5 Å². The molecule has 0 heterocycles. The Labute approximate surface area is 111 Å². The van der Waals surface area contributed by atoms with Gasteiger partial charge in [0.25, 0.3) is 0 Å². The normalized spacial score (nSPS) is 5.94. The summed E-state index contributed by atoms with van der Waals surface area (Å²) in [7, 11) is 0. The minimum Gasteiger partial charge on any atom is -0.550 e. The van der Waals surface area contributed by atoms with Crippen LogP contribution >= 0.6 is 0 Å². The van der Waals surface area contributed by atoms with E-state index in [9.17, 15) is 4.79 Å². The van der Waals surface area contributed by atoms with Gasteiger partial charge in [0, 0.05) is 17.9 Å². The monoisotopic (exact) mass is 262 g/mol. The van der Waals surface area contributed by atoms with Gasteiger partial charge in [0.05, 0.1) is 0 Å². The summed E-state index contributed by atoms with van der Waals surface area (Å²) in [6.07, 6.45) is 0. The third-order valence-corrected chi connectivity index (χ3v) is 0. The van der Waals surface area contributed by atoms with Crippen LogP contribution in [0.5, 0.6) is 0 Å². The zero-order valence-corrected chi connectivity index (χ0v) is 11.6. The van der Waals surface area contributed by atoms with Crippen molar-refractivity contribution in [2.75, 3.05) is 0 Å². The van der Waals surface area contributed by atoms with Crippen LogP contribution in [0.1, 0.15) is 34.6 Å². The van der Waals surface area contributed by atoms with Gasteiger partial charge in [-0.3, -0.25) is 0 Å². The molecule has 0 bridgehead atoms. The second kappa shape index (κ2) is 24.0. The molecule has 7 nitrogen and oxygen atoms in total. The average molecular weight is 262 g/mol. The summed E-state index contributed by atoms with van der Waals surface area (Å²) >= 11 is 0. The average Bonchev–Trinajstić information content (AvgIpc) is 1.76. The van der Waals surface area contributed by atoms with Crippen molar-refractivity contribution >= 4 is 41.1 Å². The number of Topliss-reactive ketones (excluding diaryl/α,β-unsaturated/α-hetero) is 1. The number of hydrogen-bond donors (Lipinski definition) is 0. The van der Waals surface area contributed by atoms with Gasteiger partial charge in [-0.2, -0.15) is 0 Å². The van der Waals surface area contributed by atoms with Gasteiger partial charge >= 0.3 is 17.4 Å². The van der Waals surface area contributed by atoms with Gasteiger partial charge in [-0.05, 0) is 34.6 Å². The number of rotatable bonds is 0. The standard InChI is InChI=1S/C3H6O.3C2H4O2.Al/c1-3(2)4;3*1-2(3)4;/h1-2H3;3*1H3,(H,3,4);/q;;;;+3/p-3. The summed E-state index contributed by atoms with van der Waals surface area (Å²) in [5, 5.41) is 26.7. The van der Waals surface area contributed by atoms with Crippen molar-refractivity contribution in [2.45, 2.75) is 34.6 Å². The first-order valence-electron chi connectivity index (χ1n) is 3.93. The molecule has 8 heteroatoms. The van der Waals surface area contributed by atoms with E-state index in [1.807, 2.05) is 0 Å². The summed E-state index contributed by atoms with van der Waals surface area (Å²) < 4.78 is 0. The van der Waals surface area contributed by atoms with E-state index in [0.717, 1.165) is 20.8 Å². The molecule has 0 amide bonds. The Bertz CT molecular complexity index is 161. The number of aliphatic carboxylic acids is 3. The molecule has 96 valence electrons. The van der Waals surface area contributed by atoms with Crippen LogP contribution in [0.2, 0.25) is 0 Å². The quantitative estimate of drug-likeness (QED) is 0.412. The SMILES string of the molecule is CC(=O)[O-].CC(=O)[O-].CC(=O)[O-].CC(C)=O.[Al+3]. The van der Waals surface area contributed by atoms with E-state index < -0.39 is 17.9 Å². The molecule has 0 rings (SSSR count). The molecular formula is C9H15AlO7. The minimum atomic E-state index is -1.08. The number of carbonyl (C=O) groups excluding carboxylic acids is 4. The van der Waals surface area contributed by atoms with E-state index in [1.54, 1.807) is 0 Å². The molecular weight excluding hydrogens is 247 g/mol. The Balaban J connectivity index is -0.0000000369. The molecule has 0 spiro atoms. The van der Waals surface area contributed by atoms with Crippen molar-refractivity contribution in [3.8, 4) is 0 Å². The molecule has 0 saturated heterocycles. The minimum absolute atomic E-state index is 0. The van der Waals surface area contributed by atoms with Crippen molar-refractivity contribution in [3.63, 3.8) is 0 Å². The largest absolute Gasteiger partial charge is 3.00 e. The molecule has 0 N–H and O–H groups in total. The third-order valence-electron chi connectivity index (χ3n) is 0. The molecule has 0 aliphatic carbocycles. The van der Waals surface area contributed by atoms with Crippen molar-refractivity contribution < 1.29 is 34.5 Å². The van der Waals surface area contributed by atoms with Gasteiger partial charge in [-0.15, -0.1) is 0 Å². The maximum Gasteiger partial charge on any atom is 3.00 e. The Morgan fingerprint density at radius 3 is 0.588 bits per heavy atom. The summed E-state index contributed by atoms with van der Waals surface area (Å²) in [6.45, 7) is 5.97.